The van der Waals surface area contributed by atoms with Gasteiger partial charge in [0.25, 0.3) is 0 Å². The summed E-state index contributed by atoms with van der Waals surface area (Å²) in [5, 5.41) is 20.8. The summed E-state index contributed by atoms with van der Waals surface area (Å²) in [6.45, 7) is 2.43. The minimum absolute atomic E-state index is 0.139. The summed E-state index contributed by atoms with van der Waals surface area (Å²) < 4.78 is 0. The molecular weight excluding hydrogens is 332 g/mol. The zero-order valence-electron chi connectivity index (χ0n) is 15.8. The number of phenols is 1. The van der Waals surface area contributed by atoms with Crippen molar-refractivity contribution in [3.63, 3.8) is 0 Å². The van der Waals surface area contributed by atoms with Crippen molar-refractivity contribution in [3.05, 3.63) is 70.8 Å². The third kappa shape index (κ3) is 1.90. The second-order valence-corrected chi connectivity index (χ2v) is 9.52. The largest absolute Gasteiger partial charge is 0.508 e. The van der Waals surface area contributed by atoms with Gasteiger partial charge in [0.1, 0.15) is 5.75 Å². The third-order valence-electron chi connectivity index (χ3n) is 8.34. The Morgan fingerprint density at radius 2 is 1.85 bits per heavy atom. The molecule has 0 bridgehead atoms. The molecule has 5 atom stereocenters. The molecule has 1 spiro atoms. The van der Waals surface area contributed by atoms with Crippen LogP contribution in [0.15, 0.2) is 54.1 Å². The van der Waals surface area contributed by atoms with Gasteiger partial charge in [0.2, 0.25) is 0 Å². The first-order valence-electron chi connectivity index (χ1n) is 10.3. The first-order valence-corrected chi connectivity index (χ1v) is 10.3. The molecule has 0 radical (unpaired) electrons. The molecule has 4 aliphatic carbocycles. The Labute approximate surface area is 160 Å². The summed E-state index contributed by atoms with van der Waals surface area (Å²) in [4.78, 5) is 0. The van der Waals surface area contributed by atoms with Crippen LogP contribution < -0.4 is 0 Å². The second kappa shape index (κ2) is 5.05. The monoisotopic (exact) mass is 358 g/mol. The van der Waals surface area contributed by atoms with E-state index < -0.39 is 0 Å². The molecule has 2 saturated carbocycles. The van der Waals surface area contributed by atoms with Gasteiger partial charge in [-0.2, -0.15) is 0 Å². The van der Waals surface area contributed by atoms with Crippen molar-refractivity contribution in [2.24, 2.45) is 16.7 Å². The molecule has 0 amide bonds. The second-order valence-electron chi connectivity index (χ2n) is 9.52. The van der Waals surface area contributed by atoms with E-state index in [2.05, 4.69) is 43.3 Å². The summed E-state index contributed by atoms with van der Waals surface area (Å²) in [7, 11) is 0. The predicted octanol–water partition coefficient (Wildman–Crippen LogP) is 5.06. The first-order chi connectivity index (χ1) is 13.0. The van der Waals surface area contributed by atoms with Crippen molar-refractivity contribution in [2.75, 3.05) is 0 Å². The van der Waals surface area contributed by atoms with Gasteiger partial charge >= 0.3 is 0 Å². The highest BCUT2D eigenvalue weighted by atomic mass is 16.3. The van der Waals surface area contributed by atoms with Crippen LogP contribution in [0.1, 0.15) is 55.2 Å². The smallest absolute Gasteiger partial charge is 0.115 e. The zero-order chi connectivity index (χ0) is 18.4. The predicted molar refractivity (Wildman–Crippen MR) is 106 cm³/mol. The van der Waals surface area contributed by atoms with E-state index in [4.69, 9.17) is 0 Å². The summed E-state index contributed by atoms with van der Waals surface area (Å²) >= 11 is 0. The normalized spacial score (nSPS) is 38.7. The molecule has 0 aliphatic heterocycles. The highest BCUT2D eigenvalue weighted by Crippen LogP contribution is 2.81. The number of rotatable bonds is 1. The van der Waals surface area contributed by atoms with E-state index in [9.17, 15) is 10.2 Å². The van der Waals surface area contributed by atoms with E-state index in [1.165, 1.54) is 28.7 Å². The fraction of sp³-hybridized carbons (Fsp3) is 0.440. The summed E-state index contributed by atoms with van der Waals surface area (Å²) in [5.74, 6) is 1.17. The third-order valence-corrected chi connectivity index (χ3v) is 8.34. The van der Waals surface area contributed by atoms with Crippen LogP contribution in [0.3, 0.4) is 0 Å². The molecule has 0 aromatic heterocycles. The molecule has 4 aliphatic rings. The molecule has 2 aromatic rings. The van der Waals surface area contributed by atoms with E-state index in [0.717, 1.165) is 25.7 Å². The van der Waals surface area contributed by atoms with Crippen LogP contribution in [0.25, 0.3) is 5.57 Å². The molecule has 2 fully saturated rings. The molecule has 6 rings (SSSR count). The number of allylic oxidation sites excluding steroid dienone is 2. The average molecular weight is 358 g/mol. The summed E-state index contributed by atoms with van der Waals surface area (Å²) in [5.41, 5.74) is 7.57. The van der Waals surface area contributed by atoms with Gasteiger partial charge in [-0.15, -0.1) is 0 Å². The molecule has 138 valence electrons. The van der Waals surface area contributed by atoms with Gasteiger partial charge in [-0.3, -0.25) is 0 Å². The van der Waals surface area contributed by atoms with Gasteiger partial charge in [-0.05, 0) is 77.8 Å². The molecule has 2 aromatic carbocycles. The van der Waals surface area contributed by atoms with Gasteiger partial charge in [-0.25, -0.2) is 0 Å². The number of aliphatic hydroxyl groups excluding tert-OH is 1. The molecule has 0 unspecified atom stereocenters. The lowest BCUT2D eigenvalue weighted by Crippen LogP contribution is -2.36. The van der Waals surface area contributed by atoms with Gasteiger partial charge in [0.05, 0.1) is 6.10 Å². The van der Waals surface area contributed by atoms with Crippen molar-refractivity contribution in [3.8, 4) is 5.75 Å². The average Bonchev–Trinajstić information content (AvgIpc) is 3.37. The van der Waals surface area contributed by atoms with E-state index in [0.29, 0.717) is 17.6 Å². The van der Waals surface area contributed by atoms with Gasteiger partial charge in [0, 0.05) is 11.3 Å². The molecule has 2 heteroatoms. The van der Waals surface area contributed by atoms with E-state index in [1.54, 1.807) is 5.57 Å². The fourth-order valence-electron chi connectivity index (χ4n) is 7.13. The highest BCUT2D eigenvalue weighted by molar-refractivity contribution is 5.79. The van der Waals surface area contributed by atoms with Crippen LogP contribution in [0.5, 0.6) is 5.75 Å². The van der Waals surface area contributed by atoms with Crippen LogP contribution in [0.4, 0.5) is 0 Å². The lowest BCUT2D eigenvalue weighted by molar-refractivity contribution is 0.117. The number of hydrogen-bond acceptors (Lipinski definition) is 2. The zero-order valence-corrected chi connectivity index (χ0v) is 15.8. The van der Waals surface area contributed by atoms with E-state index in [-0.39, 0.29) is 16.9 Å². The first kappa shape index (κ1) is 15.9. The quantitative estimate of drug-likeness (QED) is 0.748. The topological polar surface area (TPSA) is 40.5 Å². The maximum absolute atomic E-state index is 10.8. The van der Waals surface area contributed by atoms with Gasteiger partial charge < -0.3 is 10.2 Å². The van der Waals surface area contributed by atoms with Crippen LogP contribution >= 0.6 is 0 Å². The Kier molecular flexibility index (Phi) is 2.98. The molecule has 0 saturated heterocycles. The van der Waals surface area contributed by atoms with E-state index in [1.807, 2.05) is 12.1 Å². The minimum Gasteiger partial charge on any atom is -0.508 e. The van der Waals surface area contributed by atoms with Crippen molar-refractivity contribution >= 4 is 5.57 Å². The molecular formula is C25H26O2. The Balaban J connectivity index is 1.61. The Hall–Kier alpha value is -2.06. The van der Waals surface area contributed by atoms with Crippen LogP contribution in [0.2, 0.25) is 0 Å². The molecule has 2 nitrogen and oxygen atoms in total. The van der Waals surface area contributed by atoms with Crippen molar-refractivity contribution in [2.45, 2.75) is 51.0 Å². The molecule has 0 heterocycles. The molecule has 27 heavy (non-hydrogen) atoms. The standard InChI is InChI=1S/C25H26O2/c1-24-10-9-19-18-8-7-17(26)11-16(18)12-20(15-5-3-2-4-6-15)23(19)25(24)13-21(25)22(27)14-24/h2-8,11,20-22,26-27H,9-10,12-14H2,1H3/t20-,21+,22+,24+,25+/m0/s1. The maximum Gasteiger partial charge on any atom is 0.115 e. The highest BCUT2D eigenvalue weighted by Gasteiger charge is 2.75. The number of aromatic hydroxyl groups is 1. The van der Waals surface area contributed by atoms with Crippen LogP contribution in [0, 0.1) is 16.7 Å². The minimum atomic E-state index is -0.139. The number of hydrogen-bond donors (Lipinski definition) is 2. The van der Waals surface area contributed by atoms with Crippen LogP contribution in [-0.2, 0) is 6.42 Å². The van der Waals surface area contributed by atoms with Crippen molar-refractivity contribution in [1.29, 1.82) is 0 Å². The SMILES string of the molecule is C[C@]12CCC3=C([C@H](c4ccccc4)Cc4cc(O)ccc43)[C@]13C[C@@H]3[C@H](O)C2. The van der Waals surface area contributed by atoms with Crippen LogP contribution in [-0.4, -0.2) is 16.3 Å². The lowest BCUT2D eigenvalue weighted by Gasteiger charge is -2.47. The number of aliphatic hydroxyl groups is 1. The fourth-order valence-corrected chi connectivity index (χ4v) is 7.13. The Morgan fingerprint density at radius 1 is 1.04 bits per heavy atom. The number of fused-ring (bicyclic) bond motifs is 2. The lowest BCUT2D eigenvalue weighted by atomic mass is 9.56. The summed E-state index contributed by atoms with van der Waals surface area (Å²) in [6.07, 6.45) is 5.18. The number of benzene rings is 2. The molecule has 2 N–H and O–H groups in total. The maximum atomic E-state index is 10.8. The van der Waals surface area contributed by atoms with Crippen molar-refractivity contribution < 1.29 is 10.2 Å². The Morgan fingerprint density at radius 3 is 2.63 bits per heavy atom. The Bertz CT molecular complexity index is 975. The number of phenolic OH excluding ortho intramolecular Hbond substituents is 1. The summed E-state index contributed by atoms with van der Waals surface area (Å²) in [6, 6.07) is 16.8. The van der Waals surface area contributed by atoms with E-state index >= 15 is 0 Å². The van der Waals surface area contributed by atoms with Gasteiger partial charge in [0.15, 0.2) is 0 Å². The van der Waals surface area contributed by atoms with Gasteiger partial charge in [-0.1, -0.05) is 48.9 Å². The van der Waals surface area contributed by atoms with Crippen molar-refractivity contribution in [1.82, 2.24) is 0 Å².